The monoisotopic (exact) mass is 570 g/mol. The normalized spacial score (nSPS) is 17.5. The first-order chi connectivity index (χ1) is 18.7. The molecule has 0 spiro atoms. The van der Waals surface area contributed by atoms with Crippen LogP contribution < -0.4 is 15.2 Å². The first-order valence-corrected chi connectivity index (χ1v) is 14.8. The molecule has 0 saturated heterocycles. The zero-order valence-corrected chi connectivity index (χ0v) is 25.3. The molecule has 0 unspecified atom stereocenters. The number of rotatable bonds is 18. The number of nitrogens with two attached hydrogens (primary N) is 1. The highest BCUT2D eigenvalue weighted by Gasteiger charge is 2.30. The number of aliphatic hydroxyl groups excluding tert-OH is 1. The highest BCUT2D eigenvalue weighted by atomic mass is 35.5. The lowest BCUT2D eigenvalue weighted by molar-refractivity contribution is -0.139. The fourth-order valence-electron chi connectivity index (χ4n) is 5.32. The molecule has 2 rings (SSSR count). The van der Waals surface area contributed by atoms with Gasteiger partial charge in [0.1, 0.15) is 6.10 Å². The summed E-state index contributed by atoms with van der Waals surface area (Å²) in [5, 5.41) is 10.9. The number of benzene rings is 1. The van der Waals surface area contributed by atoms with Crippen LogP contribution in [-0.4, -0.2) is 74.8 Å². The SMILES string of the molecule is COCCCOc1cc(C[C@@H](C[C@H](N)[C@@H](O)CN(Cl)C(=O)[C@@H](CC2CCCCC2)OC)C(C)C)ccc1OC. The van der Waals surface area contributed by atoms with E-state index in [9.17, 15) is 9.90 Å². The van der Waals surface area contributed by atoms with Crippen LogP contribution in [0.5, 0.6) is 11.5 Å². The molecule has 1 fully saturated rings. The van der Waals surface area contributed by atoms with E-state index in [-0.39, 0.29) is 18.4 Å². The molecule has 1 aliphatic rings. The second kappa shape index (κ2) is 18.0. The maximum absolute atomic E-state index is 13.0. The summed E-state index contributed by atoms with van der Waals surface area (Å²) in [6.45, 7) is 5.44. The number of carbonyl (C=O) groups excluding carboxylic acids is 1. The molecule has 1 amide bonds. The molecule has 3 N–H and O–H groups in total. The number of amides is 1. The topological polar surface area (TPSA) is 103 Å². The molecular formula is C30H51ClN2O6. The summed E-state index contributed by atoms with van der Waals surface area (Å²) in [5.74, 6) is 2.10. The smallest absolute Gasteiger partial charge is 0.266 e. The molecule has 1 aromatic rings. The molecule has 4 atom stereocenters. The van der Waals surface area contributed by atoms with Gasteiger partial charge in [-0.05, 0) is 54.7 Å². The van der Waals surface area contributed by atoms with Crippen molar-refractivity contribution < 1.29 is 28.8 Å². The van der Waals surface area contributed by atoms with Crippen LogP contribution in [0.2, 0.25) is 0 Å². The third kappa shape index (κ3) is 11.4. The van der Waals surface area contributed by atoms with Crippen LogP contribution >= 0.6 is 11.8 Å². The van der Waals surface area contributed by atoms with E-state index < -0.39 is 18.2 Å². The van der Waals surface area contributed by atoms with Crippen molar-refractivity contribution in [2.75, 3.05) is 41.1 Å². The minimum Gasteiger partial charge on any atom is -0.493 e. The molecule has 0 aliphatic heterocycles. The number of nitrogens with zero attached hydrogens (tertiary/aromatic N) is 1. The van der Waals surface area contributed by atoms with E-state index in [2.05, 4.69) is 13.8 Å². The van der Waals surface area contributed by atoms with Crippen LogP contribution in [0.15, 0.2) is 18.2 Å². The summed E-state index contributed by atoms with van der Waals surface area (Å²) in [6.07, 6.45) is 7.16. The summed E-state index contributed by atoms with van der Waals surface area (Å²) in [5.41, 5.74) is 7.56. The molecule has 0 radical (unpaired) electrons. The number of hydrogen-bond donors (Lipinski definition) is 2. The average Bonchev–Trinajstić information content (AvgIpc) is 2.93. The highest BCUT2D eigenvalue weighted by molar-refractivity contribution is 6.21. The molecule has 0 aromatic heterocycles. The maximum atomic E-state index is 13.0. The van der Waals surface area contributed by atoms with Crippen molar-refractivity contribution in [3.05, 3.63) is 23.8 Å². The van der Waals surface area contributed by atoms with Crippen molar-refractivity contribution in [2.45, 2.75) is 89.9 Å². The van der Waals surface area contributed by atoms with Gasteiger partial charge >= 0.3 is 0 Å². The first-order valence-electron chi connectivity index (χ1n) is 14.4. The Bertz CT molecular complexity index is 836. The van der Waals surface area contributed by atoms with Gasteiger partial charge in [0, 0.05) is 45.1 Å². The van der Waals surface area contributed by atoms with E-state index >= 15 is 0 Å². The lowest BCUT2D eigenvalue weighted by atomic mass is 9.83. The van der Waals surface area contributed by atoms with Gasteiger partial charge in [-0.2, -0.15) is 0 Å². The van der Waals surface area contributed by atoms with E-state index in [1.807, 2.05) is 18.2 Å². The van der Waals surface area contributed by atoms with Crippen LogP contribution in [0.3, 0.4) is 0 Å². The Kier molecular flexibility index (Phi) is 15.5. The highest BCUT2D eigenvalue weighted by Crippen LogP contribution is 2.32. The number of methoxy groups -OCH3 is 3. The predicted molar refractivity (Wildman–Crippen MR) is 155 cm³/mol. The number of ether oxygens (including phenoxy) is 4. The molecule has 1 aromatic carbocycles. The zero-order chi connectivity index (χ0) is 28.8. The second-order valence-electron chi connectivity index (χ2n) is 11.2. The lowest BCUT2D eigenvalue weighted by Gasteiger charge is -2.30. The van der Waals surface area contributed by atoms with Crippen molar-refractivity contribution >= 4 is 17.7 Å². The van der Waals surface area contributed by atoms with Crippen LogP contribution in [0, 0.1) is 17.8 Å². The summed E-state index contributed by atoms with van der Waals surface area (Å²) in [7, 11) is 4.84. The molecule has 8 nitrogen and oxygen atoms in total. The van der Waals surface area contributed by atoms with Gasteiger partial charge < -0.3 is 29.8 Å². The Balaban J connectivity index is 1.95. The minimum absolute atomic E-state index is 0.0428. The number of carbonyl (C=O) groups is 1. The van der Waals surface area contributed by atoms with Crippen LogP contribution in [0.4, 0.5) is 0 Å². The molecule has 224 valence electrons. The summed E-state index contributed by atoms with van der Waals surface area (Å²) < 4.78 is 23.1. The van der Waals surface area contributed by atoms with Gasteiger partial charge in [-0.3, -0.25) is 4.79 Å². The minimum atomic E-state index is -0.949. The number of halogens is 1. The van der Waals surface area contributed by atoms with E-state index in [4.69, 9.17) is 36.5 Å². The average molecular weight is 571 g/mol. The quantitative estimate of drug-likeness (QED) is 0.190. The van der Waals surface area contributed by atoms with Gasteiger partial charge in [0.2, 0.25) is 0 Å². The van der Waals surface area contributed by atoms with Gasteiger partial charge in [0.05, 0.1) is 26.4 Å². The largest absolute Gasteiger partial charge is 0.493 e. The molecular weight excluding hydrogens is 520 g/mol. The standard InChI is InChI=1S/C30H51ClN2O6/c1-21(2)24(16-23-12-13-27(37-4)28(18-23)39-15-9-14-36-3)19-25(32)26(34)20-33(31)30(35)29(38-5)17-22-10-7-6-8-11-22/h12-13,18,21-22,24-26,29,34H,6-11,14-17,19-20,32H2,1-5H3/t24-,25-,26-,29+/m0/s1. The Morgan fingerprint density at radius 1 is 1.13 bits per heavy atom. The van der Waals surface area contributed by atoms with Gasteiger partial charge in [0.15, 0.2) is 11.5 Å². The number of hydrogen-bond acceptors (Lipinski definition) is 7. The van der Waals surface area contributed by atoms with Gasteiger partial charge in [-0.25, -0.2) is 4.42 Å². The van der Waals surface area contributed by atoms with Crippen LogP contribution in [0.1, 0.15) is 70.8 Å². The summed E-state index contributed by atoms with van der Waals surface area (Å²) in [6, 6.07) is 5.44. The van der Waals surface area contributed by atoms with E-state index in [1.54, 1.807) is 21.3 Å². The van der Waals surface area contributed by atoms with Gasteiger partial charge in [-0.1, -0.05) is 52.0 Å². The third-order valence-electron chi connectivity index (χ3n) is 7.91. The van der Waals surface area contributed by atoms with Gasteiger partial charge in [0.25, 0.3) is 5.91 Å². The van der Waals surface area contributed by atoms with Crippen molar-refractivity contribution in [1.29, 1.82) is 0 Å². The molecule has 0 heterocycles. The zero-order valence-electron chi connectivity index (χ0n) is 24.6. The fourth-order valence-corrected chi connectivity index (χ4v) is 5.57. The van der Waals surface area contributed by atoms with Crippen molar-refractivity contribution in [2.24, 2.45) is 23.5 Å². The van der Waals surface area contributed by atoms with Crippen LogP contribution in [0.25, 0.3) is 0 Å². The summed E-state index contributed by atoms with van der Waals surface area (Å²) >= 11 is 6.35. The Morgan fingerprint density at radius 2 is 1.85 bits per heavy atom. The number of aliphatic hydroxyl groups is 1. The molecule has 9 heteroatoms. The Labute approximate surface area is 240 Å². The van der Waals surface area contributed by atoms with Crippen molar-refractivity contribution in [3.63, 3.8) is 0 Å². The lowest BCUT2D eigenvalue weighted by Crippen LogP contribution is -2.46. The summed E-state index contributed by atoms with van der Waals surface area (Å²) in [4.78, 5) is 13.0. The predicted octanol–water partition coefficient (Wildman–Crippen LogP) is 4.97. The van der Waals surface area contributed by atoms with Crippen LogP contribution in [-0.2, 0) is 20.7 Å². The molecule has 1 saturated carbocycles. The molecule has 0 bridgehead atoms. The molecule has 39 heavy (non-hydrogen) atoms. The maximum Gasteiger partial charge on any atom is 0.266 e. The van der Waals surface area contributed by atoms with E-state index in [1.165, 1.54) is 19.3 Å². The molecule has 1 aliphatic carbocycles. The second-order valence-corrected chi connectivity index (χ2v) is 11.6. The van der Waals surface area contributed by atoms with Gasteiger partial charge in [-0.15, -0.1) is 0 Å². The third-order valence-corrected chi connectivity index (χ3v) is 8.21. The first kappa shape index (κ1) is 33.6. The fraction of sp³-hybridized carbons (Fsp3) is 0.767. The van der Waals surface area contributed by atoms with Crippen molar-refractivity contribution in [1.82, 2.24) is 4.42 Å². The Morgan fingerprint density at radius 3 is 2.46 bits per heavy atom. The van der Waals surface area contributed by atoms with E-state index in [0.29, 0.717) is 49.4 Å². The van der Waals surface area contributed by atoms with Crippen molar-refractivity contribution in [3.8, 4) is 11.5 Å². The van der Waals surface area contributed by atoms with E-state index in [0.717, 1.165) is 35.7 Å². The Hall–Kier alpha value is -1.58.